The third-order valence-corrected chi connectivity index (χ3v) is 2.09. The molecule has 0 fully saturated rings. The predicted octanol–water partition coefficient (Wildman–Crippen LogP) is -1.30. The van der Waals surface area contributed by atoms with E-state index in [-0.39, 0.29) is 19.7 Å². The highest BCUT2D eigenvalue weighted by molar-refractivity contribution is 5.80. The van der Waals surface area contributed by atoms with Crippen molar-refractivity contribution in [2.75, 3.05) is 19.7 Å². The molecule has 1 atom stereocenters. The number of primary amides is 1. The second-order valence-corrected chi connectivity index (χ2v) is 3.37. The van der Waals surface area contributed by atoms with Gasteiger partial charge in [-0.15, -0.1) is 5.10 Å². The Morgan fingerprint density at radius 2 is 2.56 bits per heavy atom. The lowest BCUT2D eigenvalue weighted by Gasteiger charge is -2.11. The standard InChI is InChI=1S/C8H14N8O2/c9-8(18)7(11-1-2-12-14-10)6-5-16(3-4-17)15-13-6/h5,7,11,17H,1-4H2,(H2,9,18). The molecule has 10 heteroatoms. The number of aromatic nitrogens is 3. The minimum absolute atomic E-state index is 0.0750. The number of hydrogen-bond acceptors (Lipinski definition) is 6. The molecule has 0 bridgehead atoms. The first-order chi connectivity index (χ1) is 8.69. The lowest BCUT2D eigenvalue weighted by atomic mass is 10.2. The monoisotopic (exact) mass is 254 g/mol. The number of rotatable bonds is 8. The molecule has 98 valence electrons. The summed E-state index contributed by atoms with van der Waals surface area (Å²) in [6, 6.07) is -0.800. The Labute approximate surface area is 102 Å². The zero-order valence-corrected chi connectivity index (χ0v) is 9.60. The molecule has 1 unspecified atom stereocenters. The molecule has 0 radical (unpaired) electrons. The van der Waals surface area contributed by atoms with Crippen LogP contribution >= 0.6 is 0 Å². The topological polar surface area (TPSA) is 155 Å². The van der Waals surface area contributed by atoms with Gasteiger partial charge >= 0.3 is 0 Å². The Bertz CT molecular complexity index is 438. The van der Waals surface area contributed by atoms with Gasteiger partial charge in [0.2, 0.25) is 5.91 Å². The molecule has 0 saturated heterocycles. The van der Waals surface area contributed by atoms with E-state index >= 15 is 0 Å². The van der Waals surface area contributed by atoms with Crippen molar-refractivity contribution in [2.45, 2.75) is 12.6 Å². The van der Waals surface area contributed by atoms with Crippen LogP contribution in [0, 0.1) is 0 Å². The Hall–Kier alpha value is -2.16. The summed E-state index contributed by atoms with van der Waals surface area (Å²) in [7, 11) is 0. The Morgan fingerprint density at radius 1 is 1.78 bits per heavy atom. The molecular formula is C8H14N8O2. The first-order valence-electron chi connectivity index (χ1n) is 5.23. The summed E-state index contributed by atoms with van der Waals surface area (Å²) < 4.78 is 1.40. The number of aliphatic hydroxyl groups excluding tert-OH is 1. The van der Waals surface area contributed by atoms with Crippen LogP contribution in [-0.2, 0) is 11.3 Å². The van der Waals surface area contributed by atoms with Crippen molar-refractivity contribution < 1.29 is 9.90 Å². The molecule has 1 rings (SSSR count). The summed E-state index contributed by atoms with van der Waals surface area (Å²) >= 11 is 0. The molecule has 1 aromatic rings. The number of hydrogen-bond donors (Lipinski definition) is 3. The minimum Gasteiger partial charge on any atom is -0.394 e. The van der Waals surface area contributed by atoms with Crippen molar-refractivity contribution in [2.24, 2.45) is 10.8 Å². The normalized spacial score (nSPS) is 11.8. The second kappa shape index (κ2) is 7.22. The quantitative estimate of drug-likeness (QED) is 0.227. The van der Waals surface area contributed by atoms with Gasteiger partial charge in [0.1, 0.15) is 11.7 Å². The van der Waals surface area contributed by atoms with Gasteiger partial charge in [0.25, 0.3) is 0 Å². The van der Waals surface area contributed by atoms with Crippen molar-refractivity contribution >= 4 is 5.91 Å². The highest BCUT2D eigenvalue weighted by Crippen LogP contribution is 2.07. The Balaban J connectivity index is 2.64. The van der Waals surface area contributed by atoms with E-state index in [9.17, 15) is 4.79 Å². The van der Waals surface area contributed by atoms with Crippen LogP contribution < -0.4 is 11.1 Å². The molecule has 0 aliphatic carbocycles. The van der Waals surface area contributed by atoms with Crippen LogP contribution in [0.25, 0.3) is 10.4 Å². The van der Waals surface area contributed by atoms with E-state index in [4.69, 9.17) is 16.4 Å². The fourth-order valence-electron chi connectivity index (χ4n) is 1.31. The third kappa shape index (κ3) is 4.01. The molecule has 0 aliphatic rings. The maximum Gasteiger partial charge on any atom is 0.240 e. The van der Waals surface area contributed by atoms with E-state index in [1.165, 1.54) is 10.9 Å². The summed E-state index contributed by atoms with van der Waals surface area (Å²) in [4.78, 5) is 13.8. The van der Waals surface area contributed by atoms with Gasteiger partial charge in [0.05, 0.1) is 19.3 Å². The lowest BCUT2D eigenvalue weighted by Crippen LogP contribution is -2.35. The molecule has 0 saturated carbocycles. The Morgan fingerprint density at radius 3 is 3.17 bits per heavy atom. The number of azide groups is 1. The highest BCUT2D eigenvalue weighted by Gasteiger charge is 2.20. The molecule has 18 heavy (non-hydrogen) atoms. The number of nitrogens with one attached hydrogen (secondary N) is 1. The van der Waals surface area contributed by atoms with Gasteiger partial charge in [-0.25, -0.2) is 4.68 Å². The van der Waals surface area contributed by atoms with Crippen LogP contribution in [0.3, 0.4) is 0 Å². The van der Waals surface area contributed by atoms with Gasteiger partial charge < -0.3 is 16.2 Å². The number of nitrogens with zero attached hydrogens (tertiary/aromatic N) is 6. The Kier molecular flexibility index (Phi) is 5.58. The SMILES string of the molecule is [N-]=[N+]=NCCNC(C(N)=O)c1cn(CCO)nn1. The van der Waals surface area contributed by atoms with Gasteiger partial charge in [0.15, 0.2) is 0 Å². The average molecular weight is 254 g/mol. The van der Waals surface area contributed by atoms with E-state index in [1.807, 2.05) is 0 Å². The van der Waals surface area contributed by atoms with Crippen molar-refractivity contribution in [3.05, 3.63) is 22.3 Å². The number of carbonyl (C=O) groups is 1. The summed E-state index contributed by atoms with van der Waals surface area (Å²) in [5.41, 5.74) is 13.7. The number of carbonyl (C=O) groups excluding carboxylic acids is 1. The number of amides is 1. The van der Waals surface area contributed by atoms with E-state index in [0.717, 1.165) is 0 Å². The summed E-state index contributed by atoms with van der Waals surface area (Å²) in [6.07, 6.45) is 1.52. The van der Waals surface area contributed by atoms with Gasteiger partial charge in [-0.1, -0.05) is 10.3 Å². The first kappa shape index (κ1) is 13.9. The second-order valence-electron chi connectivity index (χ2n) is 3.37. The minimum atomic E-state index is -0.800. The molecule has 0 spiro atoms. The summed E-state index contributed by atoms with van der Waals surface area (Å²) in [5.74, 6) is -0.605. The predicted molar refractivity (Wildman–Crippen MR) is 61.1 cm³/mol. The molecule has 10 nitrogen and oxygen atoms in total. The molecule has 1 amide bonds. The van der Waals surface area contributed by atoms with E-state index in [1.54, 1.807) is 0 Å². The van der Waals surface area contributed by atoms with Crippen LogP contribution in [0.4, 0.5) is 0 Å². The zero-order chi connectivity index (χ0) is 13.4. The molecular weight excluding hydrogens is 240 g/mol. The van der Waals surface area contributed by atoms with Crippen LogP contribution in [0.5, 0.6) is 0 Å². The van der Waals surface area contributed by atoms with Gasteiger partial charge in [-0.2, -0.15) is 0 Å². The van der Waals surface area contributed by atoms with Crippen LogP contribution in [0.1, 0.15) is 11.7 Å². The van der Waals surface area contributed by atoms with Crippen molar-refractivity contribution in [3.8, 4) is 0 Å². The smallest absolute Gasteiger partial charge is 0.240 e. The third-order valence-electron chi connectivity index (χ3n) is 2.09. The molecule has 4 N–H and O–H groups in total. The largest absolute Gasteiger partial charge is 0.394 e. The number of nitrogens with two attached hydrogens (primary N) is 1. The van der Waals surface area contributed by atoms with Crippen LogP contribution in [0.2, 0.25) is 0 Å². The maximum absolute atomic E-state index is 11.3. The fourth-order valence-corrected chi connectivity index (χ4v) is 1.31. The first-order valence-corrected chi connectivity index (χ1v) is 5.23. The van der Waals surface area contributed by atoms with E-state index in [2.05, 4.69) is 25.7 Å². The van der Waals surface area contributed by atoms with Crippen LogP contribution in [-0.4, -0.2) is 45.7 Å². The van der Waals surface area contributed by atoms with Crippen molar-refractivity contribution in [1.29, 1.82) is 0 Å². The van der Waals surface area contributed by atoms with Gasteiger partial charge in [-0.05, 0) is 5.53 Å². The molecule has 0 aromatic carbocycles. The molecule has 1 aromatic heterocycles. The van der Waals surface area contributed by atoms with Crippen molar-refractivity contribution in [1.82, 2.24) is 20.3 Å². The van der Waals surface area contributed by atoms with Crippen LogP contribution in [0.15, 0.2) is 11.3 Å². The van der Waals surface area contributed by atoms with E-state index < -0.39 is 11.9 Å². The van der Waals surface area contributed by atoms with E-state index in [0.29, 0.717) is 12.2 Å². The van der Waals surface area contributed by atoms with Gasteiger partial charge in [0, 0.05) is 18.0 Å². The molecule has 1 heterocycles. The van der Waals surface area contributed by atoms with Gasteiger partial charge in [-0.3, -0.25) is 4.79 Å². The fraction of sp³-hybridized carbons (Fsp3) is 0.625. The summed E-state index contributed by atoms with van der Waals surface area (Å²) in [5, 5.41) is 22.4. The number of aliphatic hydroxyl groups is 1. The maximum atomic E-state index is 11.3. The zero-order valence-electron chi connectivity index (χ0n) is 9.60. The van der Waals surface area contributed by atoms with Crippen molar-refractivity contribution in [3.63, 3.8) is 0 Å². The molecule has 0 aliphatic heterocycles. The lowest BCUT2D eigenvalue weighted by molar-refractivity contribution is -0.120. The highest BCUT2D eigenvalue weighted by atomic mass is 16.3. The summed E-state index contributed by atoms with van der Waals surface area (Å²) in [6.45, 7) is 0.709. The average Bonchev–Trinajstić information content (AvgIpc) is 2.77.